The Labute approximate surface area is 187 Å². The maximum atomic E-state index is 12.8. The number of benzene rings is 2. The number of carbonyl (C=O) groups is 2. The monoisotopic (exact) mass is 434 g/mol. The third kappa shape index (κ3) is 5.02. The molecule has 2 amide bonds. The first-order chi connectivity index (χ1) is 15.2. The molecular weight excluding hydrogens is 408 g/mol. The van der Waals surface area contributed by atoms with Crippen LogP contribution in [0.1, 0.15) is 24.8 Å². The van der Waals surface area contributed by atoms with Crippen LogP contribution < -0.4 is 9.80 Å². The van der Waals surface area contributed by atoms with E-state index in [0.717, 1.165) is 41.5 Å². The minimum absolute atomic E-state index is 0.0233. The van der Waals surface area contributed by atoms with Crippen LogP contribution in [-0.2, 0) is 9.59 Å². The molecule has 2 aromatic rings. The van der Waals surface area contributed by atoms with Gasteiger partial charge in [-0.3, -0.25) is 9.59 Å². The quantitative estimate of drug-likeness (QED) is 0.737. The molecule has 0 spiro atoms. The van der Waals surface area contributed by atoms with Crippen molar-refractivity contribution in [1.29, 1.82) is 5.26 Å². The lowest BCUT2D eigenvalue weighted by Gasteiger charge is -2.29. The fourth-order valence-electron chi connectivity index (χ4n) is 4.11. The van der Waals surface area contributed by atoms with Gasteiger partial charge in [-0.15, -0.1) is 11.8 Å². The van der Waals surface area contributed by atoms with Gasteiger partial charge < -0.3 is 14.7 Å². The second-order valence-corrected chi connectivity index (χ2v) is 8.88. The van der Waals surface area contributed by atoms with Crippen LogP contribution in [0.4, 0.5) is 11.4 Å². The lowest BCUT2D eigenvalue weighted by atomic mass is 10.2. The Bertz CT molecular complexity index is 986. The Kier molecular flexibility index (Phi) is 6.78. The minimum atomic E-state index is 0.0233. The number of hydrogen-bond acceptors (Lipinski definition) is 5. The number of carbonyl (C=O) groups excluding carboxylic acids is 2. The SMILES string of the molecule is N#Cc1ccc(N2CCCN(C(=O)CCC(=O)N3CCSc4ccccc43)CC2)cc1. The van der Waals surface area contributed by atoms with Crippen molar-refractivity contribution in [3.05, 3.63) is 54.1 Å². The van der Waals surface area contributed by atoms with Crippen molar-refractivity contribution >= 4 is 35.0 Å². The predicted octanol–water partition coefficient (Wildman–Crippen LogP) is 3.52. The number of nitrogens with zero attached hydrogens (tertiary/aromatic N) is 4. The first-order valence-electron chi connectivity index (χ1n) is 10.7. The highest BCUT2D eigenvalue weighted by Gasteiger charge is 2.25. The van der Waals surface area contributed by atoms with E-state index in [2.05, 4.69) is 11.0 Å². The van der Waals surface area contributed by atoms with E-state index < -0.39 is 0 Å². The highest BCUT2D eigenvalue weighted by atomic mass is 32.2. The summed E-state index contributed by atoms with van der Waals surface area (Å²) in [6.45, 7) is 3.68. The van der Waals surface area contributed by atoms with Gasteiger partial charge in [0.1, 0.15) is 0 Å². The highest BCUT2D eigenvalue weighted by molar-refractivity contribution is 7.99. The molecule has 1 saturated heterocycles. The molecule has 1 fully saturated rings. The predicted molar refractivity (Wildman–Crippen MR) is 123 cm³/mol. The number of fused-ring (bicyclic) bond motifs is 1. The lowest BCUT2D eigenvalue weighted by molar-refractivity contribution is -0.133. The molecule has 4 rings (SSSR count). The van der Waals surface area contributed by atoms with Crippen LogP contribution in [-0.4, -0.2) is 55.2 Å². The lowest BCUT2D eigenvalue weighted by Crippen LogP contribution is -2.38. The normalized spacial score (nSPS) is 16.3. The summed E-state index contributed by atoms with van der Waals surface area (Å²) in [6.07, 6.45) is 1.38. The van der Waals surface area contributed by atoms with Crippen molar-refractivity contribution in [3.8, 4) is 6.07 Å². The number of nitriles is 1. The summed E-state index contributed by atoms with van der Waals surface area (Å²) in [7, 11) is 0. The van der Waals surface area contributed by atoms with E-state index in [1.807, 2.05) is 58.3 Å². The molecule has 2 heterocycles. The van der Waals surface area contributed by atoms with Gasteiger partial charge in [0.25, 0.3) is 0 Å². The van der Waals surface area contributed by atoms with Crippen LogP contribution in [0.5, 0.6) is 0 Å². The van der Waals surface area contributed by atoms with Crippen molar-refractivity contribution in [2.75, 3.05) is 48.3 Å². The molecule has 0 unspecified atom stereocenters. The van der Waals surface area contributed by atoms with E-state index >= 15 is 0 Å². The summed E-state index contributed by atoms with van der Waals surface area (Å²) in [4.78, 5) is 32.7. The van der Waals surface area contributed by atoms with Gasteiger partial charge in [-0.25, -0.2) is 0 Å². The Balaban J connectivity index is 1.30. The Morgan fingerprint density at radius 2 is 1.68 bits per heavy atom. The maximum absolute atomic E-state index is 12.8. The standard InChI is InChI=1S/C24H26N4O2S/c25-18-19-6-8-20(9-7-19)26-12-3-13-27(15-14-26)23(29)10-11-24(30)28-16-17-31-22-5-2-1-4-21(22)28/h1-2,4-9H,3,10-17H2. The van der Waals surface area contributed by atoms with E-state index in [4.69, 9.17) is 5.26 Å². The van der Waals surface area contributed by atoms with E-state index in [-0.39, 0.29) is 24.7 Å². The number of amides is 2. The fourth-order valence-corrected chi connectivity index (χ4v) is 5.10. The molecule has 0 bridgehead atoms. The molecule has 31 heavy (non-hydrogen) atoms. The molecule has 0 radical (unpaired) electrons. The van der Waals surface area contributed by atoms with Gasteiger partial charge in [0.05, 0.1) is 17.3 Å². The minimum Gasteiger partial charge on any atom is -0.370 e. The molecular formula is C24H26N4O2S. The van der Waals surface area contributed by atoms with Gasteiger partial charge in [-0.1, -0.05) is 12.1 Å². The molecule has 7 heteroatoms. The third-order valence-corrected chi connectivity index (χ3v) is 6.84. The van der Waals surface area contributed by atoms with E-state index in [0.29, 0.717) is 25.2 Å². The van der Waals surface area contributed by atoms with Crippen molar-refractivity contribution in [2.45, 2.75) is 24.2 Å². The number of anilines is 2. The number of thioether (sulfide) groups is 1. The molecule has 0 N–H and O–H groups in total. The molecule has 0 saturated carbocycles. The van der Waals surface area contributed by atoms with Gasteiger partial charge in [0, 0.05) is 61.9 Å². The zero-order chi connectivity index (χ0) is 21.6. The Morgan fingerprint density at radius 1 is 0.903 bits per heavy atom. The average Bonchev–Trinajstić information content (AvgIpc) is 3.08. The first-order valence-corrected chi connectivity index (χ1v) is 11.7. The second-order valence-electron chi connectivity index (χ2n) is 7.74. The van der Waals surface area contributed by atoms with Gasteiger partial charge >= 0.3 is 0 Å². The summed E-state index contributed by atoms with van der Waals surface area (Å²) in [5, 5.41) is 8.96. The van der Waals surface area contributed by atoms with Crippen LogP contribution in [0, 0.1) is 11.3 Å². The van der Waals surface area contributed by atoms with Crippen molar-refractivity contribution in [3.63, 3.8) is 0 Å². The molecule has 0 atom stereocenters. The van der Waals surface area contributed by atoms with Gasteiger partial charge in [0.15, 0.2) is 0 Å². The topological polar surface area (TPSA) is 67.6 Å². The van der Waals surface area contributed by atoms with E-state index in [1.54, 1.807) is 11.8 Å². The molecule has 2 aliphatic rings. The molecule has 2 aromatic carbocycles. The van der Waals surface area contributed by atoms with Crippen LogP contribution in [0.25, 0.3) is 0 Å². The molecule has 0 aromatic heterocycles. The van der Waals surface area contributed by atoms with Crippen LogP contribution in [0.3, 0.4) is 0 Å². The van der Waals surface area contributed by atoms with Crippen LogP contribution in [0.15, 0.2) is 53.4 Å². The van der Waals surface area contributed by atoms with Gasteiger partial charge in [0.2, 0.25) is 11.8 Å². The molecule has 2 aliphatic heterocycles. The zero-order valence-corrected chi connectivity index (χ0v) is 18.3. The van der Waals surface area contributed by atoms with Gasteiger partial charge in [-0.2, -0.15) is 5.26 Å². The van der Waals surface area contributed by atoms with Crippen molar-refractivity contribution in [2.24, 2.45) is 0 Å². The summed E-state index contributed by atoms with van der Waals surface area (Å²) in [5.41, 5.74) is 2.68. The summed E-state index contributed by atoms with van der Waals surface area (Å²) < 4.78 is 0. The Hall–Kier alpha value is -2.98. The largest absolute Gasteiger partial charge is 0.370 e. The van der Waals surface area contributed by atoms with Crippen molar-refractivity contribution < 1.29 is 9.59 Å². The smallest absolute Gasteiger partial charge is 0.227 e. The van der Waals surface area contributed by atoms with Crippen LogP contribution in [0.2, 0.25) is 0 Å². The molecule has 160 valence electrons. The van der Waals surface area contributed by atoms with Crippen LogP contribution >= 0.6 is 11.8 Å². The van der Waals surface area contributed by atoms with E-state index in [9.17, 15) is 9.59 Å². The van der Waals surface area contributed by atoms with Crippen molar-refractivity contribution in [1.82, 2.24) is 4.90 Å². The fraction of sp³-hybridized carbons (Fsp3) is 0.375. The Morgan fingerprint density at radius 3 is 2.48 bits per heavy atom. The summed E-state index contributed by atoms with van der Waals surface area (Å²) >= 11 is 1.77. The number of para-hydroxylation sites is 1. The number of hydrogen-bond donors (Lipinski definition) is 0. The second kappa shape index (κ2) is 9.88. The number of rotatable bonds is 4. The average molecular weight is 435 g/mol. The van der Waals surface area contributed by atoms with Gasteiger partial charge in [-0.05, 0) is 42.8 Å². The molecule has 6 nitrogen and oxygen atoms in total. The molecule has 0 aliphatic carbocycles. The maximum Gasteiger partial charge on any atom is 0.227 e. The first kappa shape index (κ1) is 21.3. The third-order valence-electron chi connectivity index (χ3n) is 5.79. The summed E-state index contributed by atoms with van der Waals surface area (Å²) in [5.74, 6) is 0.957. The summed E-state index contributed by atoms with van der Waals surface area (Å²) in [6, 6.07) is 17.7. The zero-order valence-electron chi connectivity index (χ0n) is 17.5. The highest BCUT2D eigenvalue weighted by Crippen LogP contribution is 2.34. The van der Waals surface area contributed by atoms with E-state index in [1.165, 1.54) is 0 Å².